The highest BCUT2D eigenvalue weighted by Gasteiger charge is 2.07. The summed E-state index contributed by atoms with van der Waals surface area (Å²) >= 11 is 1.44. The van der Waals surface area contributed by atoms with E-state index in [1.807, 2.05) is 17.5 Å². The third-order valence-electron chi connectivity index (χ3n) is 2.02. The summed E-state index contributed by atoms with van der Waals surface area (Å²) in [7, 11) is 1.36. The number of aromatic nitrogens is 2. The van der Waals surface area contributed by atoms with Crippen molar-refractivity contribution in [3.05, 3.63) is 35.6 Å². The average molecular weight is 249 g/mol. The van der Waals surface area contributed by atoms with Gasteiger partial charge in [-0.1, -0.05) is 0 Å². The Hall–Kier alpha value is -1.95. The second kappa shape index (κ2) is 5.40. The Bertz CT molecular complexity index is 498. The van der Waals surface area contributed by atoms with Crippen LogP contribution in [0.4, 0.5) is 10.8 Å². The number of ether oxygens (including phenoxy) is 1. The van der Waals surface area contributed by atoms with E-state index >= 15 is 0 Å². The number of carbonyl (C=O) groups excluding carboxylic acids is 1. The summed E-state index contributed by atoms with van der Waals surface area (Å²) in [6, 6.07) is 3.74. The van der Waals surface area contributed by atoms with Gasteiger partial charge in [0.25, 0.3) is 0 Å². The maximum absolute atomic E-state index is 11.1. The molecule has 0 saturated carbocycles. The second-order valence-corrected chi connectivity index (χ2v) is 4.12. The summed E-state index contributed by atoms with van der Waals surface area (Å²) in [5.74, 6) is -0.289. The van der Waals surface area contributed by atoms with Crippen molar-refractivity contribution in [1.82, 2.24) is 9.97 Å². The number of anilines is 2. The van der Waals surface area contributed by atoms with Crippen molar-refractivity contribution in [1.29, 1.82) is 0 Å². The van der Waals surface area contributed by atoms with Gasteiger partial charge in [0.2, 0.25) is 0 Å². The fraction of sp³-hybridized carbons (Fsp3) is 0.182. The van der Waals surface area contributed by atoms with Gasteiger partial charge in [0.15, 0.2) is 5.13 Å². The van der Waals surface area contributed by atoms with Crippen molar-refractivity contribution >= 4 is 28.1 Å². The molecule has 0 atom stereocenters. The maximum atomic E-state index is 11.1. The Balaban J connectivity index is 2.01. The topological polar surface area (TPSA) is 64.1 Å². The molecule has 0 amide bonds. The molecule has 88 valence electrons. The largest absolute Gasteiger partial charge is 0.469 e. The van der Waals surface area contributed by atoms with Crippen molar-refractivity contribution < 1.29 is 9.53 Å². The van der Waals surface area contributed by atoms with E-state index in [-0.39, 0.29) is 12.4 Å². The quantitative estimate of drug-likeness (QED) is 0.839. The predicted octanol–water partition coefficient (Wildman–Crippen LogP) is 2.00. The van der Waals surface area contributed by atoms with E-state index in [0.717, 1.165) is 10.8 Å². The molecule has 6 heteroatoms. The van der Waals surface area contributed by atoms with Gasteiger partial charge in [0.1, 0.15) is 0 Å². The lowest BCUT2D eigenvalue weighted by molar-refractivity contribution is -0.139. The Morgan fingerprint density at radius 2 is 2.47 bits per heavy atom. The molecule has 0 saturated heterocycles. The second-order valence-electron chi connectivity index (χ2n) is 3.26. The van der Waals surface area contributed by atoms with Gasteiger partial charge in [-0.25, -0.2) is 4.98 Å². The lowest BCUT2D eigenvalue weighted by atomic mass is 10.3. The number of nitrogens with zero attached hydrogens (tertiary/aromatic N) is 2. The van der Waals surface area contributed by atoms with Gasteiger partial charge in [0, 0.05) is 11.6 Å². The molecular weight excluding hydrogens is 238 g/mol. The van der Waals surface area contributed by atoms with E-state index in [2.05, 4.69) is 20.0 Å². The van der Waals surface area contributed by atoms with Crippen molar-refractivity contribution in [2.24, 2.45) is 0 Å². The van der Waals surface area contributed by atoms with Gasteiger partial charge >= 0.3 is 5.97 Å². The summed E-state index contributed by atoms with van der Waals surface area (Å²) in [6.07, 6.45) is 3.61. The van der Waals surface area contributed by atoms with Crippen LogP contribution in [0.25, 0.3) is 0 Å². The van der Waals surface area contributed by atoms with E-state index in [1.54, 1.807) is 12.4 Å². The van der Waals surface area contributed by atoms with Gasteiger partial charge in [-0.3, -0.25) is 9.78 Å². The van der Waals surface area contributed by atoms with Crippen molar-refractivity contribution in [3.8, 4) is 0 Å². The number of esters is 1. The molecule has 0 fully saturated rings. The first-order chi connectivity index (χ1) is 8.28. The van der Waals surface area contributed by atoms with Gasteiger partial charge < -0.3 is 10.1 Å². The van der Waals surface area contributed by atoms with Crippen LogP contribution >= 0.6 is 11.3 Å². The van der Waals surface area contributed by atoms with Crippen molar-refractivity contribution in [3.63, 3.8) is 0 Å². The lowest BCUT2D eigenvalue weighted by Gasteiger charge is -2.00. The smallest absolute Gasteiger partial charge is 0.311 e. The molecular formula is C11H11N3O2S. The zero-order chi connectivity index (χ0) is 12.1. The Morgan fingerprint density at radius 1 is 1.59 bits per heavy atom. The lowest BCUT2D eigenvalue weighted by Crippen LogP contribution is -2.04. The molecule has 0 aliphatic rings. The van der Waals surface area contributed by atoms with E-state index in [1.165, 1.54) is 18.4 Å². The van der Waals surface area contributed by atoms with Gasteiger partial charge in [-0.05, 0) is 12.1 Å². The average Bonchev–Trinajstić information content (AvgIpc) is 2.77. The monoisotopic (exact) mass is 249 g/mol. The molecule has 0 aromatic carbocycles. The molecule has 0 aliphatic heterocycles. The van der Waals surface area contributed by atoms with Gasteiger partial charge in [-0.15, -0.1) is 11.3 Å². The number of methoxy groups -OCH3 is 1. The van der Waals surface area contributed by atoms with Gasteiger partial charge in [0.05, 0.1) is 31.1 Å². The molecule has 1 N–H and O–H groups in total. The summed E-state index contributed by atoms with van der Waals surface area (Å²) in [5, 5.41) is 5.67. The molecule has 0 radical (unpaired) electrons. The SMILES string of the molecule is COC(=O)Cc1csc(Nc2cccnc2)n1. The molecule has 17 heavy (non-hydrogen) atoms. The number of nitrogens with one attached hydrogen (secondary N) is 1. The molecule has 2 aromatic rings. The van der Waals surface area contributed by atoms with Crippen LogP contribution in [0.15, 0.2) is 29.9 Å². The van der Waals surface area contributed by atoms with Crippen LogP contribution in [-0.4, -0.2) is 23.0 Å². The number of carbonyl (C=O) groups is 1. The fourth-order valence-electron chi connectivity index (χ4n) is 1.23. The molecule has 2 aromatic heterocycles. The first kappa shape index (κ1) is 11.5. The van der Waals surface area contributed by atoms with Crippen LogP contribution in [0.1, 0.15) is 5.69 Å². The van der Waals surface area contributed by atoms with Crippen molar-refractivity contribution in [2.75, 3.05) is 12.4 Å². The highest BCUT2D eigenvalue weighted by molar-refractivity contribution is 7.13. The fourth-order valence-corrected chi connectivity index (χ4v) is 1.96. The van der Waals surface area contributed by atoms with Crippen LogP contribution < -0.4 is 5.32 Å². The van der Waals surface area contributed by atoms with Crippen LogP contribution in [0.5, 0.6) is 0 Å². The highest BCUT2D eigenvalue weighted by atomic mass is 32.1. The minimum absolute atomic E-state index is 0.196. The Labute approximate surface area is 102 Å². The molecule has 0 spiro atoms. The summed E-state index contributed by atoms with van der Waals surface area (Å²) in [5.41, 5.74) is 1.57. The first-order valence-electron chi connectivity index (χ1n) is 4.96. The summed E-state index contributed by atoms with van der Waals surface area (Å²) < 4.78 is 4.58. The van der Waals surface area contributed by atoms with E-state index in [4.69, 9.17) is 0 Å². The van der Waals surface area contributed by atoms with Crippen LogP contribution in [-0.2, 0) is 16.0 Å². The zero-order valence-corrected chi connectivity index (χ0v) is 10.0. The van der Waals surface area contributed by atoms with Crippen LogP contribution in [0.3, 0.4) is 0 Å². The van der Waals surface area contributed by atoms with Gasteiger partial charge in [-0.2, -0.15) is 0 Å². The minimum Gasteiger partial charge on any atom is -0.469 e. The maximum Gasteiger partial charge on any atom is 0.311 e. The number of rotatable bonds is 4. The number of thiazole rings is 1. The summed E-state index contributed by atoms with van der Waals surface area (Å²) in [4.78, 5) is 19.3. The molecule has 0 unspecified atom stereocenters. The Kier molecular flexibility index (Phi) is 3.66. The third kappa shape index (κ3) is 3.25. The van der Waals surface area contributed by atoms with E-state index in [9.17, 15) is 4.79 Å². The predicted molar refractivity (Wildman–Crippen MR) is 65.4 cm³/mol. The zero-order valence-electron chi connectivity index (χ0n) is 9.21. The molecule has 0 bridgehead atoms. The third-order valence-corrected chi connectivity index (χ3v) is 2.82. The highest BCUT2D eigenvalue weighted by Crippen LogP contribution is 2.20. The molecule has 5 nitrogen and oxygen atoms in total. The Morgan fingerprint density at radius 3 is 3.18 bits per heavy atom. The molecule has 2 heterocycles. The minimum atomic E-state index is -0.289. The standard InChI is InChI=1S/C11H11N3O2S/c1-16-10(15)5-9-7-17-11(14-9)13-8-3-2-4-12-6-8/h2-4,6-7H,5H2,1H3,(H,13,14). The van der Waals surface area contributed by atoms with E-state index < -0.39 is 0 Å². The van der Waals surface area contributed by atoms with Crippen LogP contribution in [0.2, 0.25) is 0 Å². The normalized spacial score (nSPS) is 9.94. The molecule has 2 rings (SSSR count). The molecule has 0 aliphatic carbocycles. The van der Waals surface area contributed by atoms with Crippen molar-refractivity contribution in [2.45, 2.75) is 6.42 Å². The number of hydrogen-bond acceptors (Lipinski definition) is 6. The number of pyridine rings is 1. The van der Waals surface area contributed by atoms with E-state index in [0.29, 0.717) is 5.69 Å². The summed E-state index contributed by atoms with van der Waals surface area (Å²) in [6.45, 7) is 0. The van der Waals surface area contributed by atoms with Crippen LogP contribution in [0, 0.1) is 0 Å². The number of hydrogen-bond donors (Lipinski definition) is 1. The first-order valence-corrected chi connectivity index (χ1v) is 5.84.